The second-order valence-electron chi connectivity index (χ2n) is 11.4. The molecule has 1 atom stereocenters. The Morgan fingerprint density at radius 3 is 2.09 bits per heavy atom. The summed E-state index contributed by atoms with van der Waals surface area (Å²) in [5.74, 6) is -0.169. The Kier molecular flexibility index (Phi) is 11.4. The largest absolute Gasteiger partial charge is 0.497 e. The normalized spacial score (nSPS) is 11.9. The molecule has 236 valence electrons. The minimum Gasteiger partial charge on any atom is -0.497 e. The summed E-state index contributed by atoms with van der Waals surface area (Å²) in [6.45, 7) is 6.01. The molecule has 0 saturated heterocycles. The first-order chi connectivity index (χ1) is 21.6. The topological polar surface area (TPSA) is 96.0 Å². The minimum absolute atomic E-state index is 0.0428. The van der Waals surface area contributed by atoms with E-state index < -0.39 is 28.5 Å². The third kappa shape index (κ3) is 8.95. The Bertz CT molecular complexity index is 1660. The number of nitrogens with zero attached hydrogens (tertiary/aromatic N) is 2. The number of carbonyl (C=O) groups excluding carboxylic acids is 2. The van der Waals surface area contributed by atoms with E-state index in [0.717, 1.165) is 21.0 Å². The summed E-state index contributed by atoms with van der Waals surface area (Å²) in [4.78, 5) is 29.9. The van der Waals surface area contributed by atoms with Crippen molar-refractivity contribution in [3.05, 3.63) is 126 Å². The summed E-state index contributed by atoms with van der Waals surface area (Å²) in [7, 11) is -2.69. The molecule has 0 aliphatic rings. The molecule has 0 aliphatic carbocycles. The lowest BCUT2D eigenvalue weighted by Crippen LogP contribution is -2.53. The van der Waals surface area contributed by atoms with Crippen LogP contribution in [0.15, 0.2) is 114 Å². The molecule has 9 heteroatoms. The van der Waals surface area contributed by atoms with Crippen LogP contribution in [0.4, 0.5) is 5.69 Å². The average Bonchev–Trinajstić information content (AvgIpc) is 3.05. The molecule has 0 fully saturated rings. The summed E-state index contributed by atoms with van der Waals surface area (Å²) in [5, 5.41) is 3.01. The van der Waals surface area contributed by atoms with Crippen molar-refractivity contribution in [3.63, 3.8) is 0 Å². The number of rotatable bonds is 14. The van der Waals surface area contributed by atoms with Gasteiger partial charge >= 0.3 is 0 Å². The molecule has 1 N–H and O–H groups in total. The number of aryl methyl sites for hydroxylation is 1. The maximum Gasteiger partial charge on any atom is 0.264 e. The molecular formula is C36H41N3O5S. The molecule has 0 radical (unpaired) electrons. The van der Waals surface area contributed by atoms with Gasteiger partial charge < -0.3 is 15.0 Å². The molecular weight excluding hydrogens is 586 g/mol. The van der Waals surface area contributed by atoms with Gasteiger partial charge in [0.15, 0.2) is 0 Å². The molecule has 0 aromatic heterocycles. The molecule has 45 heavy (non-hydrogen) atoms. The van der Waals surface area contributed by atoms with E-state index in [1.807, 2.05) is 75.4 Å². The van der Waals surface area contributed by atoms with E-state index in [0.29, 0.717) is 12.3 Å². The average molecular weight is 628 g/mol. The van der Waals surface area contributed by atoms with Crippen LogP contribution in [-0.4, -0.2) is 51.4 Å². The van der Waals surface area contributed by atoms with Crippen molar-refractivity contribution in [3.8, 4) is 5.75 Å². The molecule has 8 nitrogen and oxygen atoms in total. The number of benzene rings is 4. The number of anilines is 1. The lowest BCUT2D eigenvalue weighted by atomic mass is 10.0. The van der Waals surface area contributed by atoms with Crippen LogP contribution in [0.25, 0.3) is 0 Å². The van der Waals surface area contributed by atoms with E-state index in [1.54, 1.807) is 42.5 Å². The summed E-state index contributed by atoms with van der Waals surface area (Å²) < 4.78 is 34.6. The van der Waals surface area contributed by atoms with Gasteiger partial charge in [-0.25, -0.2) is 8.42 Å². The third-order valence-corrected chi connectivity index (χ3v) is 9.17. The highest BCUT2D eigenvalue weighted by Gasteiger charge is 2.34. The fraction of sp³-hybridized carbons (Fsp3) is 0.278. The summed E-state index contributed by atoms with van der Waals surface area (Å²) in [5.41, 5.74) is 3.03. The Morgan fingerprint density at radius 2 is 1.47 bits per heavy atom. The number of carbonyl (C=O) groups is 2. The van der Waals surface area contributed by atoms with Gasteiger partial charge in [0.2, 0.25) is 11.8 Å². The quantitative estimate of drug-likeness (QED) is 0.196. The Hall–Kier alpha value is -4.63. The van der Waals surface area contributed by atoms with E-state index in [-0.39, 0.29) is 35.4 Å². The molecule has 4 aromatic carbocycles. The van der Waals surface area contributed by atoms with Crippen molar-refractivity contribution in [2.24, 2.45) is 5.92 Å². The number of methoxy groups -OCH3 is 1. The first-order valence-electron chi connectivity index (χ1n) is 15.0. The first-order valence-corrected chi connectivity index (χ1v) is 16.4. The molecule has 0 spiro atoms. The number of amides is 2. The van der Waals surface area contributed by atoms with Gasteiger partial charge in [0.05, 0.1) is 17.7 Å². The predicted molar refractivity (Wildman–Crippen MR) is 177 cm³/mol. The number of sulfonamides is 1. The van der Waals surface area contributed by atoms with Crippen LogP contribution < -0.4 is 14.4 Å². The van der Waals surface area contributed by atoms with Gasteiger partial charge in [-0.15, -0.1) is 0 Å². The lowest BCUT2D eigenvalue weighted by molar-refractivity contribution is -0.140. The van der Waals surface area contributed by atoms with Crippen LogP contribution in [-0.2, 0) is 32.6 Å². The van der Waals surface area contributed by atoms with E-state index in [1.165, 1.54) is 24.1 Å². The second-order valence-corrected chi connectivity index (χ2v) is 13.2. The van der Waals surface area contributed by atoms with E-state index in [9.17, 15) is 18.0 Å². The Balaban J connectivity index is 1.80. The summed E-state index contributed by atoms with van der Waals surface area (Å²) in [6.07, 6.45) is 0.257. The van der Waals surface area contributed by atoms with Gasteiger partial charge in [-0.1, -0.05) is 98.3 Å². The highest BCUT2D eigenvalue weighted by Crippen LogP contribution is 2.28. The van der Waals surface area contributed by atoms with Crippen LogP contribution in [0.5, 0.6) is 5.75 Å². The maximum atomic E-state index is 14.5. The van der Waals surface area contributed by atoms with Crippen molar-refractivity contribution >= 4 is 27.5 Å². The van der Waals surface area contributed by atoms with Crippen molar-refractivity contribution in [2.75, 3.05) is 24.5 Å². The van der Waals surface area contributed by atoms with Crippen molar-refractivity contribution in [1.29, 1.82) is 0 Å². The van der Waals surface area contributed by atoms with Gasteiger partial charge in [0.1, 0.15) is 18.3 Å². The minimum atomic E-state index is -4.18. The monoisotopic (exact) mass is 627 g/mol. The molecule has 2 amide bonds. The van der Waals surface area contributed by atoms with Gasteiger partial charge in [0.25, 0.3) is 10.0 Å². The standard InChI is InChI=1S/C36H41N3O5S/c1-27(2)24-37-36(41)34(22-29-12-7-5-8-13-29)38(25-30-20-18-28(3)19-21-30)35(40)26-39(31-14-11-15-32(23-31)44-4)45(42,43)33-16-9-6-10-17-33/h5-21,23,27,34H,22,24-26H2,1-4H3,(H,37,41). The molecule has 0 aliphatic heterocycles. The Labute approximate surface area is 266 Å². The van der Waals surface area contributed by atoms with E-state index in [4.69, 9.17) is 4.74 Å². The number of nitrogens with one attached hydrogen (secondary N) is 1. The lowest BCUT2D eigenvalue weighted by Gasteiger charge is -2.34. The highest BCUT2D eigenvalue weighted by molar-refractivity contribution is 7.92. The molecule has 4 aromatic rings. The number of ether oxygens (including phenoxy) is 1. The van der Waals surface area contributed by atoms with Gasteiger partial charge in [-0.05, 0) is 48.2 Å². The first kappa shape index (κ1) is 33.3. The summed E-state index contributed by atoms with van der Waals surface area (Å²) in [6, 6.07) is 30.9. The fourth-order valence-corrected chi connectivity index (χ4v) is 6.31. The fourth-order valence-electron chi connectivity index (χ4n) is 4.88. The van der Waals surface area contributed by atoms with Crippen LogP contribution in [0.3, 0.4) is 0 Å². The Morgan fingerprint density at radius 1 is 0.822 bits per heavy atom. The number of hydrogen-bond donors (Lipinski definition) is 1. The van der Waals surface area contributed by atoms with Crippen molar-refractivity contribution in [1.82, 2.24) is 10.2 Å². The van der Waals surface area contributed by atoms with Crippen LogP contribution in [0.2, 0.25) is 0 Å². The molecule has 0 heterocycles. The van der Waals surface area contributed by atoms with E-state index >= 15 is 0 Å². The van der Waals surface area contributed by atoms with Gasteiger partial charge in [-0.2, -0.15) is 0 Å². The smallest absolute Gasteiger partial charge is 0.264 e. The maximum absolute atomic E-state index is 14.5. The molecule has 4 rings (SSSR count). The van der Waals surface area contributed by atoms with E-state index in [2.05, 4.69) is 5.32 Å². The molecule has 1 unspecified atom stereocenters. The highest BCUT2D eigenvalue weighted by atomic mass is 32.2. The van der Waals surface area contributed by atoms with Crippen LogP contribution in [0, 0.1) is 12.8 Å². The van der Waals surface area contributed by atoms with Crippen LogP contribution >= 0.6 is 0 Å². The predicted octanol–water partition coefficient (Wildman–Crippen LogP) is 5.61. The van der Waals surface area contributed by atoms with Crippen molar-refractivity contribution in [2.45, 2.75) is 44.7 Å². The van der Waals surface area contributed by atoms with Gasteiger partial charge in [-0.3, -0.25) is 13.9 Å². The van der Waals surface area contributed by atoms with Crippen molar-refractivity contribution < 1.29 is 22.7 Å². The zero-order chi connectivity index (χ0) is 32.4. The summed E-state index contributed by atoms with van der Waals surface area (Å²) >= 11 is 0. The second kappa shape index (κ2) is 15.4. The zero-order valence-electron chi connectivity index (χ0n) is 26.2. The third-order valence-electron chi connectivity index (χ3n) is 7.38. The molecule has 0 saturated carbocycles. The van der Waals surface area contributed by atoms with Gasteiger partial charge in [0, 0.05) is 25.6 Å². The number of hydrogen-bond acceptors (Lipinski definition) is 5. The van der Waals surface area contributed by atoms with Crippen LogP contribution in [0.1, 0.15) is 30.5 Å². The molecule has 0 bridgehead atoms. The SMILES string of the molecule is COc1cccc(N(CC(=O)N(Cc2ccc(C)cc2)C(Cc2ccccc2)C(=O)NCC(C)C)S(=O)(=O)c2ccccc2)c1. The zero-order valence-corrected chi connectivity index (χ0v) is 27.0.